The Bertz CT molecular complexity index is 919. The molecule has 5 heteroatoms. The number of hydrogen-bond donors (Lipinski definition) is 1. The first-order valence-corrected chi connectivity index (χ1v) is 10.3. The van der Waals surface area contributed by atoms with Crippen LogP contribution in [0.4, 0.5) is 11.8 Å². The smallest absolute Gasteiger partial charge is 0.225 e. The Kier molecular flexibility index (Phi) is 5.94. The van der Waals surface area contributed by atoms with Crippen molar-refractivity contribution in [3.63, 3.8) is 0 Å². The maximum atomic E-state index is 5.24. The molecule has 1 aliphatic heterocycles. The Hall–Kier alpha value is -3.08. The minimum Gasteiger partial charge on any atom is -0.497 e. The fourth-order valence-electron chi connectivity index (χ4n) is 3.59. The molecule has 1 aromatic heterocycles. The Balaban J connectivity index is 1.58. The van der Waals surface area contributed by atoms with Gasteiger partial charge in [0.25, 0.3) is 0 Å². The zero-order valence-corrected chi connectivity index (χ0v) is 17.1. The Labute approximate surface area is 172 Å². The molecular weight excluding hydrogens is 360 g/mol. The van der Waals surface area contributed by atoms with E-state index < -0.39 is 0 Å². The second kappa shape index (κ2) is 8.95. The van der Waals surface area contributed by atoms with Crippen LogP contribution < -0.4 is 15.0 Å². The molecule has 150 valence electrons. The van der Waals surface area contributed by atoms with Crippen LogP contribution in [0.3, 0.4) is 0 Å². The van der Waals surface area contributed by atoms with E-state index in [0.717, 1.165) is 47.4 Å². The summed E-state index contributed by atoms with van der Waals surface area (Å²) < 4.78 is 5.24. The van der Waals surface area contributed by atoms with E-state index in [-0.39, 0.29) is 0 Å². The van der Waals surface area contributed by atoms with E-state index in [1.807, 2.05) is 30.3 Å². The minimum absolute atomic E-state index is 0.663. The number of hydrogen-bond acceptors (Lipinski definition) is 5. The Morgan fingerprint density at radius 2 is 1.72 bits per heavy atom. The highest BCUT2D eigenvalue weighted by atomic mass is 16.5. The van der Waals surface area contributed by atoms with Crippen LogP contribution in [-0.2, 0) is 6.54 Å². The quantitative estimate of drug-likeness (QED) is 0.644. The van der Waals surface area contributed by atoms with Crippen molar-refractivity contribution in [3.05, 3.63) is 66.2 Å². The normalized spacial score (nSPS) is 14.6. The van der Waals surface area contributed by atoms with Crippen LogP contribution in [0.5, 0.6) is 5.75 Å². The largest absolute Gasteiger partial charge is 0.497 e. The fraction of sp³-hybridized carbons (Fsp3) is 0.333. The monoisotopic (exact) mass is 388 g/mol. The van der Waals surface area contributed by atoms with Crippen LogP contribution in [0.15, 0.2) is 60.7 Å². The SMILES string of the molecule is COc1ccc(CNc2nc(-c3ccccc3)cc(N3CCC(C)CC3)n2)cc1. The Morgan fingerprint density at radius 1 is 1.00 bits per heavy atom. The molecule has 2 aromatic carbocycles. The maximum Gasteiger partial charge on any atom is 0.225 e. The number of nitrogens with one attached hydrogen (secondary N) is 1. The molecule has 1 aliphatic rings. The third-order valence-corrected chi connectivity index (χ3v) is 5.50. The third kappa shape index (κ3) is 4.86. The summed E-state index contributed by atoms with van der Waals surface area (Å²) in [4.78, 5) is 12.0. The average molecular weight is 389 g/mol. The average Bonchev–Trinajstić information content (AvgIpc) is 2.79. The van der Waals surface area contributed by atoms with E-state index in [4.69, 9.17) is 14.7 Å². The molecule has 29 heavy (non-hydrogen) atoms. The third-order valence-electron chi connectivity index (χ3n) is 5.50. The van der Waals surface area contributed by atoms with Crippen molar-refractivity contribution in [1.29, 1.82) is 0 Å². The Morgan fingerprint density at radius 3 is 2.41 bits per heavy atom. The molecule has 0 bridgehead atoms. The van der Waals surface area contributed by atoms with Crippen molar-refractivity contribution >= 4 is 11.8 Å². The van der Waals surface area contributed by atoms with Gasteiger partial charge >= 0.3 is 0 Å². The van der Waals surface area contributed by atoms with Gasteiger partial charge < -0.3 is 15.0 Å². The van der Waals surface area contributed by atoms with E-state index in [2.05, 4.69) is 47.5 Å². The van der Waals surface area contributed by atoms with Crippen molar-refractivity contribution in [3.8, 4) is 17.0 Å². The lowest BCUT2D eigenvalue weighted by atomic mass is 9.99. The molecule has 2 heterocycles. The number of anilines is 2. The van der Waals surface area contributed by atoms with Crippen LogP contribution in [0, 0.1) is 5.92 Å². The molecular formula is C24H28N4O. The molecule has 4 rings (SSSR count). The summed E-state index contributed by atoms with van der Waals surface area (Å²) >= 11 is 0. The van der Waals surface area contributed by atoms with Crippen LogP contribution in [0.25, 0.3) is 11.3 Å². The van der Waals surface area contributed by atoms with Crippen molar-refractivity contribution in [1.82, 2.24) is 9.97 Å². The van der Waals surface area contributed by atoms with Crippen LogP contribution in [0.1, 0.15) is 25.3 Å². The predicted octanol–water partition coefficient (Wildman–Crippen LogP) is 5.00. The van der Waals surface area contributed by atoms with Crippen LogP contribution >= 0.6 is 0 Å². The van der Waals surface area contributed by atoms with Crippen molar-refractivity contribution in [2.24, 2.45) is 5.92 Å². The first-order valence-electron chi connectivity index (χ1n) is 10.3. The lowest BCUT2D eigenvalue weighted by Crippen LogP contribution is -2.33. The van der Waals surface area contributed by atoms with Crippen LogP contribution in [-0.4, -0.2) is 30.2 Å². The molecule has 1 saturated heterocycles. The molecule has 1 N–H and O–H groups in total. The van der Waals surface area contributed by atoms with Gasteiger partial charge in [0.2, 0.25) is 5.95 Å². The van der Waals surface area contributed by atoms with Gasteiger partial charge in [-0.3, -0.25) is 0 Å². The second-order valence-electron chi connectivity index (χ2n) is 7.67. The lowest BCUT2D eigenvalue weighted by Gasteiger charge is -2.31. The van der Waals surface area contributed by atoms with Gasteiger partial charge in [0.05, 0.1) is 12.8 Å². The summed E-state index contributed by atoms with van der Waals surface area (Å²) in [5.74, 6) is 3.31. The van der Waals surface area contributed by atoms with Gasteiger partial charge in [-0.2, -0.15) is 4.98 Å². The van der Waals surface area contributed by atoms with Crippen molar-refractivity contribution in [2.45, 2.75) is 26.3 Å². The summed E-state index contributed by atoms with van der Waals surface area (Å²) in [6, 6.07) is 20.5. The number of benzene rings is 2. The molecule has 3 aromatic rings. The molecule has 1 fully saturated rings. The number of aromatic nitrogens is 2. The molecule has 0 atom stereocenters. The number of methoxy groups -OCH3 is 1. The van der Waals surface area contributed by atoms with Crippen LogP contribution in [0.2, 0.25) is 0 Å². The lowest BCUT2D eigenvalue weighted by molar-refractivity contribution is 0.414. The van der Waals surface area contributed by atoms with Gasteiger partial charge in [-0.15, -0.1) is 0 Å². The number of ether oxygens (including phenoxy) is 1. The first-order chi connectivity index (χ1) is 14.2. The van der Waals surface area contributed by atoms with E-state index >= 15 is 0 Å². The molecule has 0 saturated carbocycles. The number of nitrogens with zero attached hydrogens (tertiary/aromatic N) is 3. The zero-order valence-electron chi connectivity index (χ0n) is 17.1. The highest BCUT2D eigenvalue weighted by Gasteiger charge is 2.19. The van der Waals surface area contributed by atoms with Gasteiger partial charge in [0, 0.05) is 31.3 Å². The summed E-state index contributed by atoms with van der Waals surface area (Å²) in [5.41, 5.74) is 3.22. The van der Waals surface area contributed by atoms with Gasteiger partial charge in [-0.1, -0.05) is 49.4 Å². The number of piperidine rings is 1. The standard InChI is InChI=1S/C24H28N4O/c1-18-12-14-28(15-13-18)23-16-22(20-6-4-3-5-7-20)26-24(27-23)25-17-19-8-10-21(29-2)11-9-19/h3-11,16,18H,12-15,17H2,1-2H3,(H,25,26,27). The first kappa shape index (κ1) is 19.2. The van der Waals surface area contributed by atoms with E-state index in [9.17, 15) is 0 Å². The highest BCUT2D eigenvalue weighted by molar-refractivity contribution is 5.65. The van der Waals surface area contributed by atoms with Gasteiger partial charge in [-0.05, 0) is 36.5 Å². The van der Waals surface area contributed by atoms with E-state index in [0.29, 0.717) is 12.5 Å². The summed E-state index contributed by atoms with van der Waals surface area (Å²) in [7, 11) is 1.68. The minimum atomic E-state index is 0.663. The zero-order chi connectivity index (χ0) is 20.1. The second-order valence-corrected chi connectivity index (χ2v) is 7.67. The highest BCUT2D eigenvalue weighted by Crippen LogP contribution is 2.27. The summed E-state index contributed by atoms with van der Waals surface area (Å²) in [6.45, 7) is 5.09. The van der Waals surface area contributed by atoms with E-state index in [1.165, 1.54) is 12.8 Å². The van der Waals surface area contributed by atoms with Gasteiger partial charge in [0.1, 0.15) is 11.6 Å². The molecule has 0 aliphatic carbocycles. The fourth-order valence-corrected chi connectivity index (χ4v) is 3.59. The molecule has 0 unspecified atom stereocenters. The molecule has 0 radical (unpaired) electrons. The summed E-state index contributed by atoms with van der Waals surface area (Å²) in [6.07, 6.45) is 2.42. The van der Waals surface area contributed by atoms with Crippen molar-refractivity contribution < 1.29 is 4.74 Å². The van der Waals surface area contributed by atoms with Gasteiger partial charge in [-0.25, -0.2) is 4.98 Å². The number of rotatable bonds is 6. The molecule has 0 amide bonds. The predicted molar refractivity (Wildman–Crippen MR) is 118 cm³/mol. The van der Waals surface area contributed by atoms with Gasteiger partial charge in [0.15, 0.2) is 0 Å². The van der Waals surface area contributed by atoms with Crippen molar-refractivity contribution in [2.75, 3.05) is 30.4 Å². The maximum absolute atomic E-state index is 5.24. The van der Waals surface area contributed by atoms with E-state index in [1.54, 1.807) is 7.11 Å². The molecule has 5 nitrogen and oxygen atoms in total. The molecule has 0 spiro atoms. The summed E-state index contributed by atoms with van der Waals surface area (Å²) in [5, 5.41) is 3.41. The topological polar surface area (TPSA) is 50.3 Å².